The van der Waals surface area contributed by atoms with Crippen molar-refractivity contribution in [2.45, 2.75) is 18.9 Å². The van der Waals surface area contributed by atoms with E-state index in [2.05, 4.69) is 10.3 Å². The highest BCUT2D eigenvalue weighted by molar-refractivity contribution is 6.31. The molecule has 0 bridgehead atoms. The van der Waals surface area contributed by atoms with Crippen molar-refractivity contribution < 1.29 is 4.74 Å². The number of nitrogens with zero attached hydrogens (tertiary/aromatic N) is 1. The highest BCUT2D eigenvalue weighted by Crippen LogP contribution is 2.24. The summed E-state index contributed by atoms with van der Waals surface area (Å²) in [5, 5.41) is 3.97. The number of rotatable bonds is 6. The van der Waals surface area contributed by atoms with E-state index in [-0.39, 0.29) is 6.04 Å². The van der Waals surface area contributed by atoms with E-state index in [0.29, 0.717) is 5.02 Å². The predicted molar refractivity (Wildman–Crippen MR) is 62.2 cm³/mol. The van der Waals surface area contributed by atoms with Crippen LogP contribution >= 0.6 is 11.6 Å². The third-order valence-electron chi connectivity index (χ3n) is 2.37. The smallest absolute Gasteiger partial charge is 0.0637 e. The van der Waals surface area contributed by atoms with E-state index in [1.807, 2.05) is 13.1 Å². The summed E-state index contributed by atoms with van der Waals surface area (Å²) in [4.78, 5) is 3.97. The van der Waals surface area contributed by atoms with Crippen molar-refractivity contribution in [3.63, 3.8) is 0 Å². The molecule has 0 aliphatic rings. The largest absolute Gasteiger partial charge is 0.385 e. The van der Waals surface area contributed by atoms with Crippen molar-refractivity contribution >= 4 is 11.6 Å². The molecule has 84 valence electrons. The van der Waals surface area contributed by atoms with Gasteiger partial charge in [-0.1, -0.05) is 11.6 Å². The number of pyridine rings is 1. The maximum absolute atomic E-state index is 6.08. The molecule has 0 radical (unpaired) electrons. The fraction of sp³-hybridized carbons (Fsp3) is 0.545. The van der Waals surface area contributed by atoms with Crippen LogP contribution in [0, 0.1) is 0 Å². The summed E-state index contributed by atoms with van der Waals surface area (Å²) >= 11 is 6.08. The van der Waals surface area contributed by atoms with Crippen LogP contribution in [-0.4, -0.2) is 25.7 Å². The van der Waals surface area contributed by atoms with Gasteiger partial charge in [0.25, 0.3) is 0 Å². The van der Waals surface area contributed by atoms with Crippen LogP contribution in [0.4, 0.5) is 0 Å². The van der Waals surface area contributed by atoms with E-state index in [4.69, 9.17) is 16.3 Å². The highest BCUT2D eigenvalue weighted by Gasteiger charge is 2.11. The van der Waals surface area contributed by atoms with Gasteiger partial charge in [-0.15, -0.1) is 0 Å². The third-order valence-corrected chi connectivity index (χ3v) is 2.68. The molecule has 0 aliphatic heterocycles. The van der Waals surface area contributed by atoms with Gasteiger partial charge in [0, 0.05) is 32.2 Å². The first kappa shape index (κ1) is 12.4. The molecule has 1 aromatic heterocycles. The van der Waals surface area contributed by atoms with E-state index in [1.54, 1.807) is 19.5 Å². The molecule has 0 aliphatic carbocycles. The molecule has 0 saturated heterocycles. The maximum Gasteiger partial charge on any atom is 0.0637 e. The molecular weight excluding hydrogens is 212 g/mol. The van der Waals surface area contributed by atoms with Crippen molar-refractivity contribution in [1.82, 2.24) is 10.3 Å². The summed E-state index contributed by atoms with van der Waals surface area (Å²) in [6.45, 7) is 0.779. The Morgan fingerprint density at radius 1 is 1.60 bits per heavy atom. The molecule has 1 N–H and O–H groups in total. The zero-order valence-corrected chi connectivity index (χ0v) is 9.92. The highest BCUT2D eigenvalue weighted by atomic mass is 35.5. The van der Waals surface area contributed by atoms with Crippen LogP contribution in [-0.2, 0) is 4.74 Å². The quantitative estimate of drug-likeness (QED) is 0.760. The van der Waals surface area contributed by atoms with Crippen LogP contribution in [0.25, 0.3) is 0 Å². The number of ether oxygens (including phenoxy) is 1. The average molecular weight is 229 g/mol. The summed E-state index contributed by atoms with van der Waals surface area (Å²) in [6, 6.07) is 2.23. The van der Waals surface area contributed by atoms with Gasteiger partial charge in [0.2, 0.25) is 0 Å². The lowest BCUT2D eigenvalue weighted by molar-refractivity contribution is 0.189. The zero-order valence-electron chi connectivity index (χ0n) is 9.16. The number of hydrogen-bond acceptors (Lipinski definition) is 3. The Morgan fingerprint density at radius 3 is 3.00 bits per heavy atom. The van der Waals surface area contributed by atoms with Gasteiger partial charge in [0.1, 0.15) is 0 Å². The zero-order chi connectivity index (χ0) is 11.1. The summed E-state index contributed by atoms with van der Waals surface area (Å²) in [7, 11) is 3.65. The van der Waals surface area contributed by atoms with Crippen LogP contribution in [0.2, 0.25) is 5.02 Å². The second kappa shape index (κ2) is 6.77. The van der Waals surface area contributed by atoms with Crippen molar-refractivity contribution in [1.29, 1.82) is 0 Å². The van der Waals surface area contributed by atoms with E-state index in [0.717, 1.165) is 25.0 Å². The van der Waals surface area contributed by atoms with Crippen molar-refractivity contribution in [2.75, 3.05) is 20.8 Å². The molecule has 4 heteroatoms. The van der Waals surface area contributed by atoms with E-state index < -0.39 is 0 Å². The van der Waals surface area contributed by atoms with Gasteiger partial charge in [-0.05, 0) is 31.5 Å². The minimum atomic E-state index is 0.274. The molecule has 1 rings (SSSR count). The Bertz CT molecular complexity index is 294. The van der Waals surface area contributed by atoms with E-state index in [1.165, 1.54) is 0 Å². The molecule has 0 aromatic carbocycles. The number of nitrogens with one attached hydrogen (secondary N) is 1. The third kappa shape index (κ3) is 3.78. The Labute approximate surface area is 95.8 Å². The lowest BCUT2D eigenvalue weighted by Gasteiger charge is -2.17. The minimum Gasteiger partial charge on any atom is -0.385 e. The first-order valence-electron chi connectivity index (χ1n) is 5.05. The average Bonchev–Trinajstić information content (AvgIpc) is 2.26. The topological polar surface area (TPSA) is 34.1 Å². The summed E-state index contributed by atoms with van der Waals surface area (Å²) in [5.74, 6) is 0. The molecule has 0 spiro atoms. The number of methoxy groups -OCH3 is 1. The van der Waals surface area contributed by atoms with Crippen LogP contribution < -0.4 is 5.32 Å². The standard InChI is InChI=1S/C11H17ClN2O/c1-13-11(4-3-7-15-2)9-5-6-14-8-10(9)12/h5-6,8,11,13H,3-4,7H2,1-2H3. The van der Waals surface area contributed by atoms with Gasteiger partial charge < -0.3 is 10.1 Å². The normalized spacial score (nSPS) is 12.7. The first-order valence-corrected chi connectivity index (χ1v) is 5.43. The van der Waals surface area contributed by atoms with Crippen LogP contribution in [0.15, 0.2) is 18.5 Å². The molecule has 1 heterocycles. The molecule has 0 saturated carbocycles. The Kier molecular flexibility index (Phi) is 5.61. The first-order chi connectivity index (χ1) is 7.29. The molecule has 0 fully saturated rings. The van der Waals surface area contributed by atoms with Crippen molar-refractivity contribution in [2.24, 2.45) is 0 Å². The summed E-state index contributed by atoms with van der Waals surface area (Å²) < 4.78 is 5.03. The Hall–Kier alpha value is -0.640. The van der Waals surface area contributed by atoms with Gasteiger partial charge in [0.15, 0.2) is 0 Å². The van der Waals surface area contributed by atoms with Gasteiger partial charge in [-0.25, -0.2) is 0 Å². The fourth-order valence-electron chi connectivity index (χ4n) is 1.56. The lowest BCUT2D eigenvalue weighted by Crippen LogP contribution is -2.17. The van der Waals surface area contributed by atoms with E-state index in [9.17, 15) is 0 Å². The van der Waals surface area contributed by atoms with Gasteiger partial charge >= 0.3 is 0 Å². The summed E-state index contributed by atoms with van der Waals surface area (Å²) in [6.07, 6.45) is 5.47. The van der Waals surface area contributed by atoms with Gasteiger partial charge in [-0.2, -0.15) is 0 Å². The molecule has 1 atom stereocenters. The molecule has 1 unspecified atom stereocenters. The molecular formula is C11H17ClN2O. The molecule has 3 nitrogen and oxygen atoms in total. The SMILES string of the molecule is CNC(CCCOC)c1ccncc1Cl. The molecule has 15 heavy (non-hydrogen) atoms. The summed E-state index contributed by atoms with van der Waals surface area (Å²) in [5.41, 5.74) is 1.10. The predicted octanol–water partition coefficient (Wildman–Crippen LogP) is 2.42. The molecule has 0 amide bonds. The second-order valence-corrected chi connectivity index (χ2v) is 3.78. The minimum absolute atomic E-state index is 0.274. The monoisotopic (exact) mass is 228 g/mol. The van der Waals surface area contributed by atoms with Gasteiger partial charge in [-0.3, -0.25) is 4.98 Å². The number of halogens is 1. The second-order valence-electron chi connectivity index (χ2n) is 3.37. The Balaban J connectivity index is 2.61. The number of aromatic nitrogens is 1. The fourth-order valence-corrected chi connectivity index (χ4v) is 1.81. The van der Waals surface area contributed by atoms with Crippen molar-refractivity contribution in [3.8, 4) is 0 Å². The van der Waals surface area contributed by atoms with Crippen molar-refractivity contribution in [3.05, 3.63) is 29.0 Å². The maximum atomic E-state index is 6.08. The Morgan fingerprint density at radius 2 is 2.40 bits per heavy atom. The lowest BCUT2D eigenvalue weighted by atomic mass is 10.0. The molecule has 1 aromatic rings. The van der Waals surface area contributed by atoms with Crippen LogP contribution in [0.1, 0.15) is 24.4 Å². The van der Waals surface area contributed by atoms with Crippen LogP contribution in [0.3, 0.4) is 0 Å². The van der Waals surface area contributed by atoms with E-state index >= 15 is 0 Å². The van der Waals surface area contributed by atoms with Gasteiger partial charge in [0.05, 0.1) is 5.02 Å². The number of hydrogen-bond donors (Lipinski definition) is 1. The van der Waals surface area contributed by atoms with Crippen LogP contribution in [0.5, 0.6) is 0 Å².